The first-order chi connectivity index (χ1) is 5.89. The first kappa shape index (κ1) is 9.45. The minimum atomic E-state index is 0.278. The Hall–Kier alpha value is -0.110. The van der Waals surface area contributed by atoms with E-state index in [1.165, 1.54) is 24.4 Å². The molecule has 2 fully saturated rings. The van der Waals surface area contributed by atoms with Gasteiger partial charge in [0, 0.05) is 19.0 Å². The monoisotopic (exact) mass is 197 g/mol. The zero-order valence-electron chi connectivity index (χ0n) is 9.05. The minimum absolute atomic E-state index is 0.278. The van der Waals surface area contributed by atoms with Gasteiger partial charge >= 0.3 is 0 Å². The Balaban J connectivity index is 2.44. The molecule has 0 aromatic carbocycles. The molecular weight excluding hydrogens is 178 g/mol. The van der Waals surface area contributed by atoms with Gasteiger partial charge in [-0.1, -0.05) is 33.0 Å². The Morgan fingerprint density at radius 1 is 1.38 bits per heavy atom. The van der Waals surface area contributed by atoms with Crippen LogP contribution in [0.25, 0.3) is 0 Å². The SMILES string of the molecule is CN1C[C@H]2CC[C@@](C)(C1=S)C2(C)C. The molecule has 1 saturated carbocycles. The van der Waals surface area contributed by atoms with Crippen molar-refractivity contribution in [2.45, 2.75) is 33.6 Å². The fraction of sp³-hybridized carbons (Fsp3) is 0.909. The van der Waals surface area contributed by atoms with Gasteiger partial charge in [-0.05, 0) is 24.2 Å². The molecular formula is C11H19NS. The number of fused-ring (bicyclic) bond motifs is 2. The quantitative estimate of drug-likeness (QED) is 0.549. The summed E-state index contributed by atoms with van der Waals surface area (Å²) in [7, 11) is 2.15. The largest absolute Gasteiger partial charge is 0.368 e. The van der Waals surface area contributed by atoms with Gasteiger partial charge in [0.25, 0.3) is 0 Å². The molecule has 2 rings (SSSR count). The van der Waals surface area contributed by atoms with Crippen molar-refractivity contribution in [1.82, 2.24) is 4.90 Å². The first-order valence-electron chi connectivity index (χ1n) is 5.15. The second kappa shape index (κ2) is 2.47. The predicted octanol–water partition coefficient (Wildman–Crippen LogP) is 2.70. The Morgan fingerprint density at radius 3 is 2.62 bits per heavy atom. The highest BCUT2D eigenvalue weighted by Crippen LogP contribution is 2.59. The molecule has 0 spiro atoms. The van der Waals surface area contributed by atoms with E-state index in [9.17, 15) is 0 Å². The fourth-order valence-corrected chi connectivity index (χ4v) is 3.57. The van der Waals surface area contributed by atoms with Crippen molar-refractivity contribution in [3.05, 3.63) is 0 Å². The summed E-state index contributed by atoms with van der Waals surface area (Å²) in [4.78, 5) is 3.48. The van der Waals surface area contributed by atoms with Gasteiger partial charge in [0.05, 0.1) is 4.99 Å². The average Bonchev–Trinajstić information content (AvgIpc) is 2.18. The van der Waals surface area contributed by atoms with E-state index in [0.29, 0.717) is 5.41 Å². The van der Waals surface area contributed by atoms with E-state index in [-0.39, 0.29) is 5.41 Å². The molecule has 2 aliphatic rings. The molecule has 0 aromatic rings. The summed E-state index contributed by atoms with van der Waals surface area (Å²) in [5.74, 6) is 0.842. The zero-order valence-corrected chi connectivity index (χ0v) is 9.87. The van der Waals surface area contributed by atoms with E-state index in [4.69, 9.17) is 12.2 Å². The fourth-order valence-electron chi connectivity index (χ4n) is 3.13. The summed E-state index contributed by atoms with van der Waals surface area (Å²) >= 11 is 5.56. The number of hydrogen-bond donors (Lipinski definition) is 0. The van der Waals surface area contributed by atoms with Crippen LogP contribution >= 0.6 is 12.2 Å². The maximum Gasteiger partial charge on any atom is 0.0842 e. The summed E-state index contributed by atoms with van der Waals surface area (Å²) in [6.07, 6.45) is 2.64. The molecule has 1 aliphatic heterocycles. The summed E-state index contributed by atoms with van der Waals surface area (Å²) < 4.78 is 0. The van der Waals surface area contributed by atoms with Crippen LogP contribution in [0.2, 0.25) is 0 Å². The average molecular weight is 197 g/mol. The smallest absolute Gasteiger partial charge is 0.0842 e. The standard InChI is InChI=1S/C11H19NS/c1-10(2)8-5-6-11(10,3)9(13)12(4)7-8/h8H,5-7H2,1-4H3/t8-,11+/m1/s1. The van der Waals surface area contributed by atoms with E-state index in [0.717, 1.165) is 5.92 Å². The molecule has 13 heavy (non-hydrogen) atoms. The summed E-state index contributed by atoms with van der Waals surface area (Å²) in [5.41, 5.74) is 0.691. The highest BCUT2D eigenvalue weighted by molar-refractivity contribution is 7.80. The molecule has 2 atom stereocenters. The lowest BCUT2D eigenvalue weighted by molar-refractivity contribution is 0.0962. The van der Waals surface area contributed by atoms with Gasteiger partial charge in [-0.2, -0.15) is 0 Å². The molecule has 0 unspecified atom stereocenters. The van der Waals surface area contributed by atoms with Crippen LogP contribution in [0.15, 0.2) is 0 Å². The maximum atomic E-state index is 5.56. The molecule has 1 nitrogen and oxygen atoms in total. The first-order valence-corrected chi connectivity index (χ1v) is 5.56. The van der Waals surface area contributed by atoms with E-state index < -0.39 is 0 Å². The van der Waals surface area contributed by atoms with Crippen molar-refractivity contribution < 1.29 is 0 Å². The molecule has 1 aliphatic carbocycles. The Bertz CT molecular complexity index is 259. The number of likely N-dealkylation sites (tertiary alicyclic amines) is 1. The van der Waals surface area contributed by atoms with Crippen LogP contribution in [0, 0.1) is 16.7 Å². The van der Waals surface area contributed by atoms with Gasteiger partial charge in [0.1, 0.15) is 0 Å². The van der Waals surface area contributed by atoms with Crippen molar-refractivity contribution in [2.75, 3.05) is 13.6 Å². The van der Waals surface area contributed by atoms with Crippen molar-refractivity contribution in [3.63, 3.8) is 0 Å². The van der Waals surface area contributed by atoms with Gasteiger partial charge in [-0.25, -0.2) is 0 Å². The molecule has 74 valence electrons. The molecule has 1 heterocycles. The lowest BCUT2D eigenvalue weighted by Gasteiger charge is -2.50. The normalized spacial score (nSPS) is 42.6. The van der Waals surface area contributed by atoms with Crippen LogP contribution in [-0.4, -0.2) is 23.5 Å². The topological polar surface area (TPSA) is 3.24 Å². The third kappa shape index (κ3) is 0.955. The van der Waals surface area contributed by atoms with Crippen LogP contribution in [0.1, 0.15) is 33.6 Å². The lowest BCUT2D eigenvalue weighted by Crippen LogP contribution is -2.53. The summed E-state index contributed by atoms with van der Waals surface area (Å²) in [6, 6.07) is 0. The number of nitrogens with zero attached hydrogens (tertiary/aromatic N) is 1. The van der Waals surface area contributed by atoms with Gasteiger partial charge in [0.15, 0.2) is 0 Å². The third-order valence-electron chi connectivity index (χ3n) is 4.75. The van der Waals surface area contributed by atoms with Gasteiger partial charge in [-0.15, -0.1) is 0 Å². The summed E-state index contributed by atoms with van der Waals surface area (Å²) in [5, 5.41) is 0. The van der Waals surface area contributed by atoms with Crippen LogP contribution in [0.5, 0.6) is 0 Å². The van der Waals surface area contributed by atoms with Crippen LogP contribution in [0.4, 0.5) is 0 Å². The van der Waals surface area contributed by atoms with Crippen LogP contribution in [-0.2, 0) is 0 Å². The molecule has 1 saturated heterocycles. The number of hydrogen-bond acceptors (Lipinski definition) is 1. The van der Waals surface area contributed by atoms with E-state index in [1.54, 1.807) is 0 Å². The molecule has 0 N–H and O–H groups in total. The van der Waals surface area contributed by atoms with Crippen molar-refractivity contribution in [2.24, 2.45) is 16.7 Å². The minimum Gasteiger partial charge on any atom is -0.368 e. The highest BCUT2D eigenvalue weighted by Gasteiger charge is 2.57. The Kier molecular flexibility index (Phi) is 1.80. The second-order valence-electron chi connectivity index (χ2n) is 5.48. The highest BCUT2D eigenvalue weighted by atomic mass is 32.1. The number of piperidine rings is 1. The molecule has 0 radical (unpaired) electrons. The van der Waals surface area contributed by atoms with Gasteiger partial charge in [0.2, 0.25) is 0 Å². The van der Waals surface area contributed by atoms with Crippen molar-refractivity contribution in [1.29, 1.82) is 0 Å². The van der Waals surface area contributed by atoms with Crippen LogP contribution < -0.4 is 0 Å². The third-order valence-corrected chi connectivity index (χ3v) is 5.51. The number of thiocarbonyl (C=S) groups is 1. The van der Waals surface area contributed by atoms with Crippen molar-refractivity contribution >= 4 is 17.2 Å². The molecule has 0 amide bonds. The molecule has 0 aromatic heterocycles. The maximum absolute atomic E-state index is 5.56. The lowest BCUT2D eigenvalue weighted by atomic mass is 9.63. The Labute approximate surface area is 86.5 Å². The van der Waals surface area contributed by atoms with Crippen LogP contribution in [0.3, 0.4) is 0 Å². The van der Waals surface area contributed by atoms with E-state index in [1.807, 2.05) is 0 Å². The van der Waals surface area contributed by atoms with Crippen molar-refractivity contribution in [3.8, 4) is 0 Å². The van der Waals surface area contributed by atoms with Gasteiger partial charge < -0.3 is 4.90 Å². The molecule has 2 bridgehead atoms. The van der Waals surface area contributed by atoms with E-state index in [2.05, 4.69) is 32.7 Å². The Morgan fingerprint density at radius 2 is 2.00 bits per heavy atom. The predicted molar refractivity (Wildman–Crippen MR) is 59.8 cm³/mol. The molecule has 2 heteroatoms. The second-order valence-corrected chi connectivity index (χ2v) is 5.86. The number of rotatable bonds is 0. The zero-order chi connectivity index (χ0) is 9.85. The van der Waals surface area contributed by atoms with Gasteiger partial charge in [-0.3, -0.25) is 0 Å². The van der Waals surface area contributed by atoms with E-state index >= 15 is 0 Å². The summed E-state index contributed by atoms with van der Waals surface area (Å²) in [6.45, 7) is 8.31.